The maximum absolute atomic E-state index is 10.9. The molecule has 7 heteroatoms. The zero-order chi connectivity index (χ0) is 14.6. The Morgan fingerprint density at radius 2 is 2.16 bits per heavy atom. The zero-order valence-corrected chi connectivity index (χ0v) is 11.3. The highest BCUT2D eigenvalue weighted by Crippen LogP contribution is 2.29. The van der Waals surface area contributed by atoms with E-state index in [-0.39, 0.29) is 17.3 Å². The molecule has 6 nitrogen and oxygen atoms in total. The summed E-state index contributed by atoms with van der Waals surface area (Å²) in [6.45, 7) is 3.39. The predicted molar refractivity (Wildman–Crippen MR) is 69.6 cm³/mol. The molecule has 0 amide bonds. The molecular formula is C12H14ClNO5. The minimum atomic E-state index is -0.905. The third-order valence-electron chi connectivity index (χ3n) is 2.69. The standard InChI is InChI=1S/C12H14ClNO5/c1-12(2,11(15)16)5-6-19-8-3-4-10(14(17)18)9(13)7-8/h3-4,7H,5-6H2,1-2H3,(H,15,16). The van der Waals surface area contributed by atoms with Gasteiger partial charge in [-0.15, -0.1) is 0 Å². The molecule has 0 aliphatic carbocycles. The quantitative estimate of drug-likeness (QED) is 0.641. The van der Waals surface area contributed by atoms with Crippen LogP contribution < -0.4 is 4.74 Å². The van der Waals surface area contributed by atoms with Crippen LogP contribution in [-0.2, 0) is 4.79 Å². The summed E-state index contributed by atoms with van der Waals surface area (Å²) < 4.78 is 5.34. The number of carboxylic acids is 1. The maximum Gasteiger partial charge on any atom is 0.309 e. The molecular weight excluding hydrogens is 274 g/mol. The summed E-state index contributed by atoms with van der Waals surface area (Å²) in [4.78, 5) is 20.9. The molecule has 0 unspecified atom stereocenters. The minimum absolute atomic E-state index is 0.0139. The highest BCUT2D eigenvalue weighted by atomic mass is 35.5. The molecule has 0 aromatic heterocycles. The van der Waals surface area contributed by atoms with Gasteiger partial charge in [-0.25, -0.2) is 0 Å². The third kappa shape index (κ3) is 4.10. The summed E-state index contributed by atoms with van der Waals surface area (Å²) in [6, 6.07) is 4.02. The molecule has 0 heterocycles. The molecule has 0 aliphatic rings. The van der Waals surface area contributed by atoms with E-state index in [1.54, 1.807) is 13.8 Å². The van der Waals surface area contributed by atoms with E-state index in [1.807, 2.05) is 0 Å². The molecule has 0 fully saturated rings. The molecule has 0 atom stereocenters. The van der Waals surface area contributed by atoms with Crippen LogP contribution in [0.2, 0.25) is 5.02 Å². The van der Waals surface area contributed by atoms with Crippen LogP contribution in [0.15, 0.2) is 18.2 Å². The van der Waals surface area contributed by atoms with Gasteiger partial charge in [-0.2, -0.15) is 0 Å². The Morgan fingerprint density at radius 1 is 1.53 bits per heavy atom. The number of rotatable bonds is 6. The van der Waals surface area contributed by atoms with E-state index in [2.05, 4.69) is 0 Å². The van der Waals surface area contributed by atoms with E-state index in [0.29, 0.717) is 12.2 Å². The Bertz CT molecular complexity index is 501. The summed E-state index contributed by atoms with van der Waals surface area (Å²) in [7, 11) is 0. The number of carboxylic acid groups (broad SMARTS) is 1. The summed E-state index contributed by atoms with van der Waals surface area (Å²) in [6.07, 6.45) is 0.316. The van der Waals surface area contributed by atoms with E-state index in [1.165, 1.54) is 18.2 Å². The van der Waals surface area contributed by atoms with E-state index in [0.717, 1.165) is 0 Å². The van der Waals surface area contributed by atoms with Gasteiger partial charge in [0.15, 0.2) is 0 Å². The van der Waals surface area contributed by atoms with Crippen molar-refractivity contribution in [2.75, 3.05) is 6.61 Å². The number of nitrogens with zero attached hydrogens (tertiary/aromatic N) is 1. The smallest absolute Gasteiger partial charge is 0.309 e. The number of ether oxygens (including phenoxy) is 1. The number of halogens is 1. The van der Waals surface area contributed by atoms with E-state index in [9.17, 15) is 14.9 Å². The van der Waals surface area contributed by atoms with Crippen molar-refractivity contribution < 1.29 is 19.6 Å². The molecule has 0 saturated heterocycles. The number of nitro benzene ring substituents is 1. The summed E-state index contributed by atoms with van der Waals surface area (Å²) in [5.74, 6) is -0.533. The Balaban J connectivity index is 2.63. The molecule has 1 rings (SSSR count). The molecule has 1 aromatic carbocycles. The Hall–Kier alpha value is -1.82. The van der Waals surface area contributed by atoms with Gasteiger partial charge < -0.3 is 9.84 Å². The van der Waals surface area contributed by atoms with Gasteiger partial charge in [0.05, 0.1) is 16.9 Å². The van der Waals surface area contributed by atoms with Crippen molar-refractivity contribution in [3.05, 3.63) is 33.3 Å². The first-order valence-electron chi connectivity index (χ1n) is 5.54. The van der Waals surface area contributed by atoms with Gasteiger partial charge in [0.25, 0.3) is 5.69 Å². The van der Waals surface area contributed by atoms with Crippen LogP contribution >= 0.6 is 11.6 Å². The number of hydrogen-bond acceptors (Lipinski definition) is 4. The van der Waals surface area contributed by atoms with Gasteiger partial charge >= 0.3 is 5.97 Å². The van der Waals surface area contributed by atoms with Crippen LogP contribution in [0.4, 0.5) is 5.69 Å². The fourth-order valence-electron chi connectivity index (χ4n) is 1.26. The van der Waals surface area contributed by atoms with Gasteiger partial charge in [0, 0.05) is 12.1 Å². The molecule has 19 heavy (non-hydrogen) atoms. The molecule has 0 aliphatic heterocycles. The van der Waals surface area contributed by atoms with Crippen molar-refractivity contribution in [1.29, 1.82) is 0 Å². The SMILES string of the molecule is CC(C)(CCOc1ccc([N+](=O)[O-])c(Cl)c1)C(=O)O. The van der Waals surface area contributed by atoms with Crippen molar-refractivity contribution in [1.82, 2.24) is 0 Å². The second kappa shape index (κ2) is 5.88. The number of carbonyl (C=O) groups is 1. The highest BCUT2D eigenvalue weighted by molar-refractivity contribution is 6.32. The monoisotopic (exact) mass is 287 g/mol. The van der Waals surface area contributed by atoms with E-state index < -0.39 is 16.3 Å². The fraction of sp³-hybridized carbons (Fsp3) is 0.417. The largest absolute Gasteiger partial charge is 0.493 e. The Kier molecular flexibility index (Phi) is 4.72. The molecule has 1 N–H and O–H groups in total. The van der Waals surface area contributed by atoms with Crippen LogP contribution in [0.25, 0.3) is 0 Å². The van der Waals surface area contributed by atoms with Crippen molar-refractivity contribution in [2.24, 2.45) is 5.41 Å². The normalized spacial score (nSPS) is 11.1. The lowest BCUT2D eigenvalue weighted by molar-refractivity contribution is -0.384. The lowest BCUT2D eigenvalue weighted by atomic mass is 9.90. The minimum Gasteiger partial charge on any atom is -0.493 e. The zero-order valence-electron chi connectivity index (χ0n) is 10.6. The van der Waals surface area contributed by atoms with Crippen LogP contribution in [0.3, 0.4) is 0 Å². The molecule has 0 spiro atoms. The third-order valence-corrected chi connectivity index (χ3v) is 2.99. The second-order valence-electron chi connectivity index (χ2n) is 4.66. The van der Waals surface area contributed by atoms with Crippen LogP contribution in [0.5, 0.6) is 5.75 Å². The maximum atomic E-state index is 10.9. The molecule has 1 aromatic rings. The van der Waals surface area contributed by atoms with Crippen LogP contribution in [-0.4, -0.2) is 22.6 Å². The van der Waals surface area contributed by atoms with Gasteiger partial charge in [-0.05, 0) is 26.3 Å². The molecule has 104 valence electrons. The lowest BCUT2D eigenvalue weighted by Gasteiger charge is -2.18. The average Bonchev–Trinajstić information content (AvgIpc) is 2.28. The fourth-order valence-corrected chi connectivity index (χ4v) is 1.50. The van der Waals surface area contributed by atoms with Crippen molar-refractivity contribution in [3.63, 3.8) is 0 Å². The molecule has 0 saturated carbocycles. The first-order valence-corrected chi connectivity index (χ1v) is 5.92. The topological polar surface area (TPSA) is 89.7 Å². The first-order chi connectivity index (χ1) is 8.74. The van der Waals surface area contributed by atoms with Crippen LogP contribution in [0, 0.1) is 15.5 Å². The van der Waals surface area contributed by atoms with Gasteiger partial charge in [0.2, 0.25) is 0 Å². The van der Waals surface area contributed by atoms with E-state index in [4.69, 9.17) is 21.4 Å². The highest BCUT2D eigenvalue weighted by Gasteiger charge is 2.26. The average molecular weight is 288 g/mol. The lowest BCUT2D eigenvalue weighted by Crippen LogP contribution is -2.25. The number of hydrogen-bond donors (Lipinski definition) is 1. The van der Waals surface area contributed by atoms with Crippen LogP contribution in [0.1, 0.15) is 20.3 Å². The van der Waals surface area contributed by atoms with Crippen molar-refractivity contribution in [2.45, 2.75) is 20.3 Å². The number of benzene rings is 1. The van der Waals surface area contributed by atoms with Gasteiger partial charge in [-0.3, -0.25) is 14.9 Å². The second-order valence-corrected chi connectivity index (χ2v) is 5.07. The number of nitro groups is 1. The summed E-state index contributed by atoms with van der Waals surface area (Å²) in [5, 5.41) is 19.5. The predicted octanol–water partition coefficient (Wildman–Crippen LogP) is 3.13. The first kappa shape index (κ1) is 15.2. The van der Waals surface area contributed by atoms with Crippen molar-refractivity contribution in [3.8, 4) is 5.75 Å². The molecule has 0 bridgehead atoms. The van der Waals surface area contributed by atoms with E-state index >= 15 is 0 Å². The van der Waals surface area contributed by atoms with Crippen molar-refractivity contribution >= 4 is 23.3 Å². The molecule has 0 radical (unpaired) electrons. The summed E-state index contributed by atoms with van der Waals surface area (Å²) >= 11 is 5.73. The van der Waals surface area contributed by atoms with Gasteiger partial charge in [-0.1, -0.05) is 11.6 Å². The Morgan fingerprint density at radius 3 is 2.63 bits per heavy atom. The van der Waals surface area contributed by atoms with Gasteiger partial charge in [0.1, 0.15) is 10.8 Å². The summed E-state index contributed by atoms with van der Waals surface area (Å²) in [5.41, 5.74) is -1.08. The number of aliphatic carboxylic acids is 1. The Labute approximate surface area is 115 Å².